The van der Waals surface area contributed by atoms with Gasteiger partial charge in [-0.15, -0.1) is 0 Å². The molecule has 1 aliphatic rings. The number of aliphatic hydroxyl groups is 1. The Morgan fingerprint density at radius 1 is 1.38 bits per heavy atom. The van der Waals surface area contributed by atoms with Crippen molar-refractivity contribution in [3.05, 3.63) is 35.6 Å². The molecule has 1 aliphatic heterocycles. The van der Waals surface area contributed by atoms with Crippen molar-refractivity contribution in [3.63, 3.8) is 0 Å². The van der Waals surface area contributed by atoms with Crippen LogP contribution < -0.4 is 5.32 Å². The average Bonchev–Trinajstić information content (AvgIpc) is 2.57. The first-order chi connectivity index (χ1) is 12.2. The van der Waals surface area contributed by atoms with Crippen LogP contribution in [0.4, 0.5) is 4.39 Å². The molecule has 2 N–H and O–H groups in total. The Morgan fingerprint density at radius 3 is 2.65 bits per heavy atom. The monoisotopic (exact) mass is 365 g/mol. The summed E-state index contributed by atoms with van der Waals surface area (Å²) in [6.45, 7) is 5.47. The van der Waals surface area contributed by atoms with Crippen molar-refractivity contribution in [2.45, 2.75) is 44.9 Å². The number of hydrogen-bond acceptors (Lipinski definition) is 4. The quantitative estimate of drug-likeness (QED) is 0.760. The van der Waals surface area contributed by atoms with Gasteiger partial charge in [-0.2, -0.15) is 0 Å². The van der Waals surface area contributed by atoms with Gasteiger partial charge in [0.15, 0.2) is 0 Å². The van der Waals surface area contributed by atoms with Crippen molar-refractivity contribution in [1.82, 2.24) is 15.1 Å². The summed E-state index contributed by atoms with van der Waals surface area (Å²) >= 11 is 0. The van der Waals surface area contributed by atoms with E-state index in [9.17, 15) is 19.1 Å². The Labute approximate surface area is 154 Å². The molecule has 2 rings (SSSR count). The number of halogens is 1. The number of carbonyl (C=O) groups excluding carboxylic acids is 2. The smallest absolute Gasteiger partial charge is 0.237 e. The third-order valence-electron chi connectivity index (χ3n) is 4.59. The molecule has 0 aliphatic carbocycles. The van der Waals surface area contributed by atoms with E-state index >= 15 is 0 Å². The number of hydrogen-bond donors (Lipinski definition) is 2. The van der Waals surface area contributed by atoms with Crippen LogP contribution in [0.25, 0.3) is 0 Å². The van der Waals surface area contributed by atoms with Gasteiger partial charge in [0, 0.05) is 33.2 Å². The molecule has 1 aromatic rings. The summed E-state index contributed by atoms with van der Waals surface area (Å²) in [5.41, 5.74) is 0.0553. The second kappa shape index (κ2) is 8.60. The van der Waals surface area contributed by atoms with Gasteiger partial charge in [0.05, 0.1) is 18.1 Å². The van der Waals surface area contributed by atoms with Crippen LogP contribution in [0.5, 0.6) is 0 Å². The van der Waals surface area contributed by atoms with Crippen molar-refractivity contribution in [2.75, 3.05) is 26.7 Å². The van der Waals surface area contributed by atoms with Gasteiger partial charge in [-0.25, -0.2) is 4.39 Å². The molecular formula is C19H28FN3O3. The number of carbonyl (C=O) groups is 2. The summed E-state index contributed by atoms with van der Waals surface area (Å²) in [7, 11) is 1.68. The van der Waals surface area contributed by atoms with E-state index in [1.165, 1.54) is 12.1 Å². The molecule has 1 fully saturated rings. The van der Waals surface area contributed by atoms with Gasteiger partial charge in [-0.1, -0.05) is 12.1 Å². The Hall–Kier alpha value is -1.99. The Morgan fingerprint density at radius 2 is 2.04 bits per heavy atom. The minimum Gasteiger partial charge on any atom is -0.390 e. The van der Waals surface area contributed by atoms with Gasteiger partial charge in [0.2, 0.25) is 11.8 Å². The third-order valence-corrected chi connectivity index (χ3v) is 4.59. The molecule has 26 heavy (non-hydrogen) atoms. The summed E-state index contributed by atoms with van der Waals surface area (Å²) in [5, 5.41) is 12.6. The number of benzene rings is 1. The lowest BCUT2D eigenvalue weighted by Crippen LogP contribution is -2.56. The first kappa shape index (κ1) is 20.3. The molecule has 0 radical (unpaired) electrons. The summed E-state index contributed by atoms with van der Waals surface area (Å²) < 4.78 is 13.1. The molecule has 0 aromatic heterocycles. The van der Waals surface area contributed by atoms with Gasteiger partial charge in [-0.3, -0.25) is 14.5 Å². The van der Waals surface area contributed by atoms with E-state index in [1.54, 1.807) is 37.9 Å². The molecule has 7 heteroatoms. The molecule has 0 saturated carbocycles. The van der Waals surface area contributed by atoms with E-state index in [4.69, 9.17) is 0 Å². The normalized spacial score (nSPS) is 18.5. The number of nitrogens with one attached hydrogen (secondary N) is 1. The van der Waals surface area contributed by atoms with Crippen molar-refractivity contribution in [3.8, 4) is 0 Å². The summed E-state index contributed by atoms with van der Waals surface area (Å²) in [5.74, 6) is -0.603. The first-order valence-electron chi connectivity index (χ1n) is 8.88. The molecule has 1 unspecified atom stereocenters. The zero-order valence-corrected chi connectivity index (χ0v) is 15.7. The highest BCUT2D eigenvalue weighted by atomic mass is 19.1. The predicted octanol–water partition coefficient (Wildman–Crippen LogP) is 1.14. The maximum Gasteiger partial charge on any atom is 0.237 e. The Kier molecular flexibility index (Phi) is 6.72. The first-order valence-corrected chi connectivity index (χ1v) is 8.88. The van der Waals surface area contributed by atoms with E-state index in [-0.39, 0.29) is 24.1 Å². The maximum absolute atomic E-state index is 13.1. The number of rotatable bonds is 7. The molecule has 0 spiro atoms. The molecule has 1 aromatic carbocycles. The van der Waals surface area contributed by atoms with Gasteiger partial charge in [-0.05, 0) is 38.0 Å². The Balaban J connectivity index is 1.99. The van der Waals surface area contributed by atoms with Crippen molar-refractivity contribution in [1.29, 1.82) is 0 Å². The second-order valence-electron chi connectivity index (χ2n) is 7.49. The van der Waals surface area contributed by atoms with Crippen LogP contribution >= 0.6 is 0 Å². The number of amides is 2. The van der Waals surface area contributed by atoms with Crippen LogP contribution in [-0.2, 0) is 16.1 Å². The largest absolute Gasteiger partial charge is 0.390 e. The number of piperazine rings is 1. The van der Waals surface area contributed by atoms with E-state index in [0.717, 1.165) is 5.56 Å². The summed E-state index contributed by atoms with van der Waals surface area (Å²) in [4.78, 5) is 28.3. The van der Waals surface area contributed by atoms with Gasteiger partial charge >= 0.3 is 0 Å². The minimum absolute atomic E-state index is 0.0788. The summed E-state index contributed by atoms with van der Waals surface area (Å²) in [6, 6.07) is 5.62. The maximum atomic E-state index is 13.1. The van der Waals surface area contributed by atoms with Crippen LogP contribution in [0.2, 0.25) is 0 Å². The number of nitrogens with zero attached hydrogens (tertiary/aromatic N) is 2. The van der Waals surface area contributed by atoms with Gasteiger partial charge in [0.1, 0.15) is 5.82 Å². The highest BCUT2D eigenvalue weighted by Crippen LogP contribution is 2.16. The fraction of sp³-hybridized carbons (Fsp3) is 0.579. The lowest BCUT2D eigenvalue weighted by Gasteiger charge is -2.35. The average molecular weight is 365 g/mol. The highest BCUT2D eigenvalue weighted by molar-refractivity contribution is 5.88. The van der Waals surface area contributed by atoms with Crippen molar-refractivity contribution < 1.29 is 19.1 Å². The SMILES string of the molecule is CN(CCC(C)(C)O)C(=O)CC1C(=O)NCCN1Cc1ccc(F)cc1. The van der Waals surface area contributed by atoms with E-state index in [1.807, 2.05) is 4.90 Å². The highest BCUT2D eigenvalue weighted by Gasteiger charge is 2.32. The van der Waals surface area contributed by atoms with Crippen molar-refractivity contribution in [2.24, 2.45) is 0 Å². The lowest BCUT2D eigenvalue weighted by atomic mass is 10.0. The molecule has 2 amide bonds. The fourth-order valence-corrected chi connectivity index (χ4v) is 2.88. The summed E-state index contributed by atoms with van der Waals surface area (Å²) in [6.07, 6.45) is 0.542. The van der Waals surface area contributed by atoms with Crippen LogP contribution in [0, 0.1) is 5.82 Å². The molecule has 6 nitrogen and oxygen atoms in total. The van der Waals surface area contributed by atoms with E-state index in [0.29, 0.717) is 32.6 Å². The van der Waals surface area contributed by atoms with E-state index < -0.39 is 11.6 Å². The molecule has 1 atom stereocenters. The van der Waals surface area contributed by atoms with Crippen LogP contribution in [-0.4, -0.2) is 65.0 Å². The molecule has 0 bridgehead atoms. The zero-order chi connectivity index (χ0) is 19.3. The zero-order valence-electron chi connectivity index (χ0n) is 15.7. The van der Waals surface area contributed by atoms with Gasteiger partial charge < -0.3 is 15.3 Å². The topological polar surface area (TPSA) is 72.9 Å². The predicted molar refractivity (Wildman–Crippen MR) is 96.8 cm³/mol. The van der Waals surface area contributed by atoms with Crippen LogP contribution in [0.15, 0.2) is 24.3 Å². The second-order valence-corrected chi connectivity index (χ2v) is 7.49. The standard InChI is InChI=1S/C19H28FN3O3/c1-19(2,26)8-10-22(3)17(24)12-16-18(25)21-9-11-23(16)13-14-4-6-15(20)7-5-14/h4-7,16,26H,8-13H2,1-3H3,(H,21,25). The lowest BCUT2D eigenvalue weighted by molar-refractivity contribution is -0.138. The molecule has 144 valence electrons. The Bertz CT molecular complexity index is 628. The molecule has 1 saturated heterocycles. The minimum atomic E-state index is -0.842. The van der Waals surface area contributed by atoms with Gasteiger partial charge in [0.25, 0.3) is 0 Å². The van der Waals surface area contributed by atoms with Crippen LogP contribution in [0.3, 0.4) is 0 Å². The molecule has 1 heterocycles. The van der Waals surface area contributed by atoms with Crippen molar-refractivity contribution >= 4 is 11.8 Å². The molecular weight excluding hydrogens is 337 g/mol. The third kappa shape index (κ3) is 6.07. The van der Waals surface area contributed by atoms with E-state index in [2.05, 4.69) is 5.32 Å². The van der Waals surface area contributed by atoms with Crippen LogP contribution in [0.1, 0.15) is 32.3 Å². The fourth-order valence-electron chi connectivity index (χ4n) is 2.88.